The highest BCUT2D eigenvalue weighted by Gasteiger charge is 2.48. The van der Waals surface area contributed by atoms with Gasteiger partial charge in [-0.15, -0.1) is 0 Å². The predicted octanol–water partition coefficient (Wildman–Crippen LogP) is 3.15. The van der Waals surface area contributed by atoms with Crippen LogP contribution in [0.15, 0.2) is 48.5 Å². The summed E-state index contributed by atoms with van der Waals surface area (Å²) in [5, 5.41) is 12.3. The Balaban J connectivity index is 1.32. The van der Waals surface area contributed by atoms with Gasteiger partial charge in [0.05, 0.1) is 0 Å². The first-order valence-corrected chi connectivity index (χ1v) is 11.7. The van der Waals surface area contributed by atoms with E-state index in [0.29, 0.717) is 32.6 Å². The SMILES string of the molecule is O=C(NC1(C(=O)N2CCC[C@H]2C(=O)O)CCOCC1)OCC1c2ccccc2-c2ccccc21. The van der Waals surface area contributed by atoms with E-state index in [9.17, 15) is 19.5 Å². The van der Waals surface area contributed by atoms with Crippen LogP contribution in [0.1, 0.15) is 42.7 Å². The van der Waals surface area contributed by atoms with Crippen LogP contribution in [0, 0.1) is 0 Å². The average Bonchev–Trinajstić information content (AvgIpc) is 3.46. The van der Waals surface area contributed by atoms with Crippen LogP contribution in [0.25, 0.3) is 11.1 Å². The molecule has 0 unspecified atom stereocenters. The number of benzene rings is 2. The topological polar surface area (TPSA) is 105 Å². The second-order valence-corrected chi connectivity index (χ2v) is 9.14. The van der Waals surface area contributed by atoms with E-state index in [4.69, 9.17) is 9.47 Å². The summed E-state index contributed by atoms with van der Waals surface area (Å²) in [6, 6.07) is 15.3. The summed E-state index contributed by atoms with van der Waals surface area (Å²) in [5.41, 5.74) is 3.26. The standard InChI is InChI=1S/C26H28N2O6/c29-23(30)22-10-5-13-28(22)24(31)26(11-14-33-15-12-26)27-25(32)34-16-21-19-8-3-1-6-17(19)18-7-2-4-9-20(18)21/h1-4,6-9,21-22H,5,10-16H2,(H,27,32)(H,29,30)/t22-/m0/s1. The monoisotopic (exact) mass is 464 g/mol. The lowest BCUT2D eigenvalue weighted by Gasteiger charge is -2.39. The van der Waals surface area contributed by atoms with Crippen molar-refractivity contribution >= 4 is 18.0 Å². The first-order valence-electron chi connectivity index (χ1n) is 11.7. The quantitative estimate of drug-likeness (QED) is 0.704. The Morgan fingerprint density at radius 1 is 1.03 bits per heavy atom. The fourth-order valence-electron chi connectivity index (χ4n) is 5.48. The third-order valence-electron chi connectivity index (χ3n) is 7.24. The minimum Gasteiger partial charge on any atom is -0.480 e. The van der Waals surface area contributed by atoms with E-state index < -0.39 is 23.6 Å². The van der Waals surface area contributed by atoms with Crippen LogP contribution < -0.4 is 5.32 Å². The van der Waals surface area contributed by atoms with E-state index >= 15 is 0 Å². The minimum atomic E-state index is -1.22. The number of carbonyl (C=O) groups is 3. The number of hydrogen-bond acceptors (Lipinski definition) is 5. The summed E-state index contributed by atoms with van der Waals surface area (Å²) in [7, 11) is 0. The number of likely N-dealkylation sites (tertiary alicyclic amines) is 1. The molecule has 0 radical (unpaired) electrons. The molecule has 2 aliphatic heterocycles. The lowest BCUT2D eigenvalue weighted by atomic mass is 9.88. The Bertz CT molecular complexity index is 1060. The zero-order valence-electron chi connectivity index (χ0n) is 18.9. The van der Waals surface area contributed by atoms with Crippen molar-refractivity contribution in [1.82, 2.24) is 10.2 Å². The Morgan fingerprint density at radius 3 is 2.26 bits per heavy atom. The van der Waals surface area contributed by atoms with Crippen molar-refractivity contribution in [2.24, 2.45) is 0 Å². The molecule has 0 aromatic heterocycles. The van der Waals surface area contributed by atoms with E-state index in [1.165, 1.54) is 4.90 Å². The maximum absolute atomic E-state index is 13.5. The number of carboxylic acids is 1. The number of nitrogens with zero attached hydrogens (tertiary/aromatic N) is 1. The lowest BCUT2D eigenvalue weighted by molar-refractivity contribution is -0.153. The summed E-state index contributed by atoms with van der Waals surface area (Å²) in [5.74, 6) is -1.47. The smallest absolute Gasteiger partial charge is 0.408 e. The van der Waals surface area contributed by atoms with Gasteiger partial charge in [-0.05, 0) is 35.1 Å². The van der Waals surface area contributed by atoms with Gasteiger partial charge in [0.15, 0.2) is 0 Å². The second-order valence-electron chi connectivity index (χ2n) is 9.14. The molecule has 2 saturated heterocycles. The summed E-state index contributed by atoms with van der Waals surface area (Å²) in [6.45, 7) is 1.12. The van der Waals surface area contributed by atoms with Crippen LogP contribution in [0.4, 0.5) is 4.79 Å². The first kappa shape index (κ1) is 22.4. The number of rotatable bonds is 5. The van der Waals surface area contributed by atoms with Crippen LogP contribution in [-0.4, -0.2) is 65.9 Å². The first-order chi connectivity index (χ1) is 16.5. The fraction of sp³-hybridized carbons (Fsp3) is 0.423. The van der Waals surface area contributed by atoms with Crippen molar-refractivity contribution in [3.63, 3.8) is 0 Å². The van der Waals surface area contributed by atoms with Crippen molar-refractivity contribution in [2.75, 3.05) is 26.4 Å². The number of hydrogen-bond donors (Lipinski definition) is 2. The molecule has 34 heavy (non-hydrogen) atoms. The Labute approximate surface area is 197 Å². The number of carbonyl (C=O) groups excluding carboxylic acids is 2. The average molecular weight is 465 g/mol. The third-order valence-corrected chi connectivity index (χ3v) is 7.24. The number of ether oxygens (including phenoxy) is 2. The van der Waals surface area contributed by atoms with Gasteiger partial charge in [0.1, 0.15) is 18.2 Å². The summed E-state index contributed by atoms with van der Waals surface area (Å²) < 4.78 is 11.1. The Hall–Kier alpha value is -3.39. The van der Waals surface area contributed by atoms with E-state index in [2.05, 4.69) is 17.4 Å². The van der Waals surface area contributed by atoms with Gasteiger partial charge in [-0.1, -0.05) is 48.5 Å². The number of carboxylic acid groups (broad SMARTS) is 1. The highest BCUT2D eigenvalue weighted by molar-refractivity contribution is 5.93. The minimum absolute atomic E-state index is 0.0885. The van der Waals surface area contributed by atoms with E-state index in [1.54, 1.807) is 0 Å². The van der Waals surface area contributed by atoms with E-state index in [1.807, 2.05) is 36.4 Å². The Kier molecular flexibility index (Phi) is 6.00. The third kappa shape index (κ3) is 3.92. The maximum atomic E-state index is 13.5. The number of aliphatic carboxylic acids is 1. The van der Waals surface area contributed by atoms with Crippen molar-refractivity contribution < 1.29 is 29.0 Å². The molecule has 2 N–H and O–H groups in total. The fourth-order valence-corrected chi connectivity index (χ4v) is 5.48. The normalized spacial score (nSPS) is 20.9. The van der Waals surface area contributed by atoms with Gasteiger partial charge in [-0.3, -0.25) is 4.79 Å². The molecule has 178 valence electrons. The molecule has 2 aromatic rings. The molecule has 2 amide bonds. The van der Waals surface area contributed by atoms with Gasteiger partial charge >= 0.3 is 12.1 Å². The van der Waals surface area contributed by atoms with Crippen molar-refractivity contribution in [1.29, 1.82) is 0 Å². The summed E-state index contributed by atoms with van der Waals surface area (Å²) >= 11 is 0. The molecule has 1 atom stereocenters. The summed E-state index contributed by atoms with van der Waals surface area (Å²) in [4.78, 5) is 39.5. The van der Waals surface area contributed by atoms with Crippen molar-refractivity contribution in [2.45, 2.75) is 43.2 Å². The predicted molar refractivity (Wildman–Crippen MR) is 123 cm³/mol. The van der Waals surface area contributed by atoms with Crippen LogP contribution in [0.3, 0.4) is 0 Å². The number of alkyl carbamates (subject to hydrolysis) is 1. The molecule has 8 nitrogen and oxygen atoms in total. The van der Waals surface area contributed by atoms with Gasteiger partial charge in [0.25, 0.3) is 0 Å². The summed E-state index contributed by atoms with van der Waals surface area (Å²) in [6.07, 6.45) is 0.916. The zero-order chi connectivity index (χ0) is 23.7. The van der Waals surface area contributed by atoms with E-state index in [-0.39, 0.29) is 31.3 Å². The maximum Gasteiger partial charge on any atom is 0.408 e. The van der Waals surface area contributed by atoms with Crippen LogP contribution in [0.2, 0.25) is 0 Å². The molecule has 0 bridgehead atoms. The zero-order valence-corrected chi connectivity index (χ0v) is 18.9. The van der Waals surface area contributed by atoms with E-state index in [0.717, 1.165) is 22.3 Å². The molecule has 5 rings (SSSR count). The molecule has 1 aliphatic carbocycles. The molecule has 2 aromatic carbocycles. The van der Waals surface area contributed by atoms with Crippen molar-refractivity contribution in [3.8, 4) is 11.1 Å². The van der Waals surface area contributed by atoms with Crippen molar-refractivity contribution in [3.05, 3.63) is 59.7 Å². The molecule has 2 heterocycles. The number of nitrogens with one attached hydrogen (secondary N) is 1. The number of fused-ring (bicyclic) bond motifs is 3. The molecule has 0 spiro atoms. The van der Waals surface area contributed by atoms with Crippen LogP contribution in [-0.2, 0) is 19.1 Å². The molecular formula is C26H28N2O6. The molecular weight excluding hydrogens is 436 g/mol. The van der Waals surface area contributed by atoms with Gasteiger partial charge in [0.2, 0.25) is 5.91 Å². The highest BCUT2D eigenvalue weighted by atomic mass is 16.5. The van der Waals surface area contributed by atoms with Gasteiger partial charge in [-0.25, -0.2) is 9.59 Å². The number of amides is 2. The van der Waals surface area contributed by atoms with Gasteiger partial charge in [0, 0.05) is 38.5 Å². The van der Waals surface area contributed by atoms with Gasteiger partial charge < -0.3 is 24.8 Å². The lowest BCUT2D eigenvalue weighted by Crippen LogP contribution is -2.63. The second kappa shape index (κ2) is 9.10. The molecule has 8 heteroatoms. The molecule has 0 saturated carbocycles. The Morgan fingerprint density at radius 2 is 1.65 bits per heavy atom. The highest BCUT2D eigenvalue weighted by Crippen LogP contribution is 2.44. The van der Waals surface area contributed by atoms with Crippen LogP contribution >= 0.6 is 0 Å². The van der Waals surface area contributed by atoms with Gasteiger partial charge in [-0.2, -0.15) is 0 Å². The molecule has 3 aliphatic rings. The molecule has 2 fully saturated rings. The van der Waals surface area contributed by atoms with Crippen LogP contribution in [0.5, 0.6) is 0 Å². The largest absolute Gasteiger partial charge is 0.480 e.